The Kier molecular flexibility index (Phi) is 5.20. The lowest BCUT2D eigenvalue weighted by atomic mass is 10.2. The fourth-order valence-corrected chi connectivity index (χ4v) is 3.19. The van der Waals surface area contributed by atoms with Crippen molar-refractivity contribution >= 4 is 41.1 Å². The van der Waals surface area contributed by atoms with Crippen molar-refractivity contribution in [2.75, 3.05) is 0 Å². The van der Waals surface area contributed by atoms with Crippen LogP contribution in [0.2, 0.25) is 0 Å². The van der Waals surface area contributed by atoms with E-state index in [4.69, 9.17) is 5.11 Å². The van der Waals surface area contributed by atoms with Crippen LogP contribution in [0.4, 0.5) is 0 Å². The second-order valence-corrected chi connectivity index (χ2v) is 6.30. The van der Waals surface area contributed by atoms with Crippen LogP contribution in [0.15, 0.2) is 29.3 Å². The highest BCUT2D eigenvalue weighted by molar-refractivity contribution is 7.15. The molecule has 3 aromatic rings. The molecular formula is C15H14ClN3O4S. The quantitative estimate of drug-likeness (QED) is 0.728. The molecule has 0 atom stereocenters. The molecule has 0 aliphatic rings. The van der Waals surface area contributed by atoms with E-state index >= 15 is 0 Å². The van der Waals surface area contributed by atoms with E-state index in [-0.39, 0.29) is 41.9 Å². The first kappa shape index (κ1) is 17.9. The third-order valence-corrected chi connectivity index (χ3v) is 4.39. The number of halogens is 1. The minimum atomic E-state index is -1.05. The molecule has 0 bridgehead atoms. The molecule has 0 saturated carbocycles. The predicted octanol–water partition coefficient (Wildman–Crippen LogP) is 1.80. The highest BCUT2D eigenvalue weighted by Gasteiger charge is 2.14. The zero-order valence-corrected chi connectivity index (χ0v) is 14.2. The van der Waals surface area contributed by atoms with Crippen molar-refractivity contribution in [1.82, 2.24) is 14.6 Å². The summed E-state index contributed by atoms with van der Waals surface area (Å²) in [6, 6.07) is 5.22. The van der Waals surface area contributed by atoms with E-state index in [9.17, 15) is 14.7 Å². The van der Waals surface area contributed by atoms with Crippen molar-refractivity contribution in [1.29, 1.82) is 0 Å². The number of carboxylic acid groups (broad SMARTS) is 1. The fourth-order valence-electron chi connectivity index (χ4n) is 2.33. The van der Waals surface area contributed by atoms with Gasteiger partial charge in [0.1, 0.15) is 17.3 Å². The fraction of sp³-hybridized carbons (Fsp3) is 0.200. The Morgan fingerprint density at radius 2 is 2.04 bits per heavy atom. The van der Waals surface area contributed by atoms with E-state index in [1.54, 1.807) is 0 Å². The largest absolute Gasteiger partial charge is 0.511 e. The maximum Gasteiger partial charge on any atom is 0.303 e. The summed E-state index contributed by atoms with van der Waals surface area (Å²) in [4.78, 5) is 29.1. The maximum absolute atomic E-state index is 12.4. The van der Waals surface area contributed by atoms with E-state index in [2.05, 4.69) is 10.1 Å². The summed E-state index contributed by atoms with van der Waals surface area (Å²) < 4.78 is 1.49. The van der Waals surface area contributed by atoms with Gasteiger partial charge in [-0.15, -0.1) is 23.7 Å². The third kappa shape index (κ3) is 3.24. The SMILES string of the molecule is Cc1ccc(-c2cc(=O)c(=C(O)CCC(=O)O)c3ncnn23)s1.Cl. The molecule has 9 heteroatoms. The number of carboxylic acids is 1. The second kappa shape index (κ2) is 6.98. The van der Waals surface area contributed by atoms with Crippen molar-refractivity contribution in [3.8, 4) is 10.6 Å². The molecule has 0 aromatic carbocycles. The molecular weight excluding hydrogens is 354 g/mol. The minimum absolute atomic E-state index is 0. The maximum atomic E-state index is 12.4. The molecule has 0 saturated heterocycles. The van der Waals surface area contributed by atoms with Gasteiger partial charge in [0.15, 0.2) is 11.1 Å². The van der Waals surface area contributed by atoms with Crippen LogP contribution in [0.25, 0.3) is 22.0 Å². The molecule has 0 fully saturated rings. The Balaban J connectivity index is 0.00000208. The van der Waals surface area contributed by atoms with Gasteiger partial charge in [-0.05, 0) is 19.1 Å². The topological polar surface area (TPSA) is 105 Å². The molecule has 3 heterocycles. The normalized spacial score (nSPS) is 12.0. The van der Waals surface area contributed by atoms with Crippen LogP contribution < -0.4 is 10.6 Å². The molecule has 3 rings (SSSR count). The summed E-state index contributed by atoms with van der Waals surface area (Å²) in [5.41, 5.74) is 0.409. The third-order valence-electron chi connectivity index (χ3n) is 3.37. The molecule has 0 unspecified atom stereocenters. The number of pyridine rings is 1. The number of aryl methyl sites for hydroxylation is 1. The number of thiophene rings is 1. The van der Waals surface area contributed by atoms with Gasteiger partial charge in [-0.1, -0.05) is 0 Å². The van der Waals surface area contributed by atoms with Crippen LogP contribution in [-0.4, -0.2) is 30.8 Å². The Labute approximate surface area is 146 Å². The predicted molar refractivity (Wildman–Crippen MR) is 92.7 cm³/mol. The van der Waals surface area contributed by atoms with Gasteiger partial charge < -0.3 is 10.2 Å². The summed E-state index contributed by atoms with van der Waals surface area (Å²) in [6.45, 7) is 1.96. The Bertz CT molecular complexity index is 1010. The lowest BCUT2D eigenvalue weighted by Gasteiger charge is -2.03. The monoisotopic (exact) mass is 367 g/mol. The van der Waals surface area contributed by atoms with Gasteiger partial charge in [0, 0.05) is 17.4 Å². The minimum Gasteiger partial charge on any atom is -0.511 e. The molecule has 0 aliphatic heterocycles. The first-order chi connectivity index (χ1) is 11.0. The summed E-state index contributed by atoms with van der Waals surface area (Å²) in [7, 11) is 0. The van der Waals surface area contributed by atoms with Gasteiger partial charge in [0.05, 0.1) is 17.0 Å². The highest BCUT2D eigenvalue weighted by atomic mass is 35.5. The zero-order valence-electron chi connectivity index (χ0n) is 12.6. The van der Waals surface area contributed by atoms with Crippen LogP contribution in [0.3, 0.4) is 0 Å². The number of aliphatic hydroxyl groups is 1. The van der Waals surface area contributed by atoms with E-state index in [0.29, 0.717) is 5.69 Å². The van der Waals surface area contributed by atoms with E-state index < -0.39 is 11.4 Å². The molecule has 2 N–H and O–H groups in total. The van der Waals surface area contributed by atoms with Crippen molar-refractivity contribution in [2.45, 2.75) is 19.8 Å². The molecule has 24 heavy (non-hydrogen) atoms. The summed E-state index contributed by atoms with van der Waals surface area (Å²) in [5.74, 6) is -1.34. The van der Waals surface area contributed by atoms with Crippen molar-refractivity contribution in [3.63, 3.8) is 0 Å². The van der Waals surface area contributed by atoms with E-state index in [1.807, 2.05) is 19.1 Å². The molecule has 0 aliphatic carbocycles. The zero-order chi connectivity index (χ0) is 16.6. The Morgan fingerprint density at radius 3 is 2.67 bits per heavy atom. The average Bonchev–Trinajstić information content (AvgIpc) is 3.12. The number of fused-ring (bicyclic) bond motifs is 1. The van der Waals surface area contributed by atoms with Crippen LogP contribution >= 0.6 is 23.7 Å². The lowest BCUT2D eigenvalue weighted by Crippen LogP contribution is -2.30. The molecule has 0 amide bonds. The summed E-state index contributed by atoms with van der Waals surface area (Å²) >= 11 is 1.52. The number of nitrogens with zero attached hydrogens (tertiary/aromatic N) is 3. The summed E-state index contributed by atoms with van der Waals surface area (Å²) in [5, 5.41) is 22.9. The molecule has 0 spiro atoms. The van der Waals surface area contributed by atoms with Crippen molar-refractivity contribution < 1.29 is 15.0 Å². The van der Waals surface area contributed by atoms with Gasteiger partial charge >= 0.3 is 5.97 Å². The number of rotatable bonds is 4. The van der Waals surface area contributed by atoms with Crippen molar-refractivity contribution in [2.24, 2.45) is 0 Å². The van der Waals surface area contributed by atoms with Gasteiger partial charge in [0.2, 0.25) is 0 Å². The number of hydrogen-bond donors (Lipinski definition) is 2. The molecule has 7 nitrogen and oxygen atoms in total. The number of aliphatic carboxylic acids is 1. The van der Waals surface area contributed by atoms with Crippen LogP contribution in [0.1, 0.15) is 17.7 Å². The molecule has 0 radical (unpaired) electrons. The van der Waals surface area contributed by atoms with Crippen LogP contribution in [0.5, 0.6) is 0 Å². The standard InChI is InChI=1S/C15H13N3O4S.ClH/c1-8-2-4-12(23-8)9-6-11(20)14(10(19)3-5-13(21)22)15-16-7-17-18(9)15;/h2,4,6-7,19H,3,5H2,1H3,(H,21,22);1H. The number of carbonyl (C=O) groups is 1. The van der Waals surface area contributed by atoms with Gasteiger partial charge in [-0.25, -0.2) is 9.50 Å². The van der Waals surface area contributed by atoms with E-state index in [0.717, 1.165) is 9.75 Å². The highest BCUT2D eigenvalue weighted by Crippen LogP contribution is 2.26. The number of aliphatic hydroxyl groups excluding tert-OH is 1. The first-order valence-corrected chi connectivity index (χ1v) is 7.66. The smallest absolute Gasteiger partial charge is 0.303 e. The molecule has 126 valence electrons. The van der Waals surface area contributed by atoms with Crippen LogP contribution in [-0.2, 0) is 4.79 Å². The van der Waals surface area contributed by atoms with Gasteiger partial charge in [-0.3, -0.25) is 9.59 Å². The average molecular weight is 368 g/mol. The van der Waals surface area contributed by atoms with Gasteiger partial charge in [-0.2, -0.15) is 5.10 Å². The van der Waals surface area contributed by atoms with Crippen LogP contribution in [0, 0.1) is 6.92 Å². The Morgan fingerprint density at radius 1 is 1.29 bits per heavy atom. The van der Waals surface area contributed by atoms with Crippen molar-refractivity contribution in [3.05, 3.63) is 44.8 Å². The first-order valence-electron chi connectivity index (χ1n) is 6.85. The molecule has 3 aromatic heterocycles. The lowest BCUT2D eigenvalue weighted by molar-refractivity contribution is -0.136. The van der Waals surface area contributed by atoms with E-state index in [1.165, 1.54) is 28.2 Å². The van der Waals surface area contributed by atoms with Gasteiger partial charge in [0.25, 0.3) is 0 Å². The Hall–Kier alpha value is -2.45. The number of aromatic nitrogens is 3. The second-order valence-electron chi connectivity index (χ2n) is 5.02. The summed E-state index contributed by atoms with van der Waals surface area (Å²) in [6.07, 6.45) is 0.898. The number of hydrogen-bond acceptors (Lipinski definition) is 6.